The average Bonchev–Trinajstić information content (AvgIpc) is 2.38. The molecule has 3 heteroatoms. The summed E-state index contributed by atoms with van der Waals surface area (Å²) in [5.74, 6) is 1.46. The van der Waals surface area contributed by atoms with Gasteiger partial charge in [0.25, 0.3) is 0 Å². The van der Waals surface area contributed by atoms with Gasteiger partial charge in [-0.25, -0.2) is 0 Å². The Morgan fingerprint density at radius 3 is 2.15 bits per heavy atom. The summed E-state index contributed by atoms with van der Waals surface area (Å²) in [7, 11) is 0. The molecule has 0 aliphatic carbocycles. The minimum Gasteiger partial charge on any atom is -0.457 e. The highest BCUT2D eigenvalue weighted by Crippen LogP contribution is 2.28. The van der Waals surface area contributed by atoms with E-state index in [-0.39, 0.29) is 5.41 Å². The van der Waals surface area contributed by atoms with Gasteiger partial charge in [0.2, 0.25) is 0 Å². The van der Waals surface area contributed by atoms with E-state index in [0.717, 1.165) is 11.3 Å². The number of nitrogens with two attached hydrogens (primary N) is 1. The minimum absolute atomic E-state index is 0.134. The van der Waals surface area contributed by atoms with E-state index in [1.54, 1.807) is 0 Å². The summed E-state index contributed by atoms with van der Waals surface area (Å²) in [6.45, 7) is 6.56. The molecule has 2 rings (SSSR count). The Hall–Kier alpha value is -1.87. The van der Waals surface area contributed by atoms with Crippen molar-refractivity contribution in [2.45, 2.75) is 26.2 Å². The maximum Gasteiger partial charge on any atom is 0.137 e. The summed E-state index contributed by atoms with van der Waals surface area (Å²) < 4.78 is 5.87. The quantitative estimate of drug-likeness (QED) is 0.848. The predicted molar refractivity (Wildman–Crippen MR) is 87.5 cm³/mol. The van der Waals surface area contributed by atoms with Crippen LogP contribution in [0, 0.1) is 0 Å². The normalized spacial score (nSPS) is 11.2. The number of rotatable bonds is 3. The first kappa shape index (κ1) is 14.5. The van der Waals surface area contributed by atoms with Gasteiger partial charge in [-0.3, -0.25) is 0 Å². The van der Waals surface area contributed by atoms with Crippen molar-refractivity contribution in [3.05, 3.63) is 59.7 Å². The number of hydrogen-bond acceptors (Lipinski definition) is 2. The van der Waals surface area contributed by atoms with Crippen molar-refractivity contribution in [1.82, 2.24) is 0 Å². The second-order valence-electron chi connectivity index (χ2n) is 5.74. The zero-order chi connectivity index (χ0) is 14.8. The van der Waals surface area contributed by atoms with Gasteiger partial charge in [0.1, 0.15) is 16.5 Å². The fraction of sp³-hybridized carbons (Fsp3) is 0.235. The number of benzene rings is 2. The van der Waals surface area contributed by atoms with Crippen LogP contribution in [0.4, 0.5) is 0 Å². The van der Waals surface area contributed by atoms with Crippen molar-refractivity contribution in [2.24, 2.45) is 5.73 Å². The van der Waals surface area contributed by atoms with Crippen molar-refractivity contribution in [1.29, 1.82) is 0 Å². The number of hydrogen-bond donors (Lipinski definition) is 1. The van der Waals surface area contributed by atoms with Crippen LogP contribution < -0.4 is 10.5 Å². The highest BCUT2D eigenvalue weighted by Gasteiger charge is 2.13. The molecular formula is C17H19NOS. The Bertz CT molecular complexity index is 612. The molecule has 2 nitrogen and oxygen atoms in total. The summed E-state index contributed by atoms with van der Waals surface area (Å²) in [5.41, 5.74) is 7.86. The zero-order valence-corrected chi connectivity index (χ0v) is 12.8. The molecule has 20 heavy (non-hydrogen) atoms. The first-order chi connectivity index (χ1) is 9.38. The molecule has 0 aromatic heterocycles. The molecule has 0 fully saturated rings. The van der Waals surface area contributed by atoms with Crippen molar-refractivity contribution in [3.63, 3.8) is 0 Å². The zero-order valence-electron chi connectivity index (χ0n) is 12.0. The number of ether oxygens (including phenoxy) is 1. The van der Waals surface area contributed by atoms with Gasteiger partial charge in [-0.05, 0) is 35.2 Å². The van der Waals surface area contributed by atoms with E-state index in [4.69, 9.17) is 22.7 Å². The Morgan fingerprint density at radius 1 is 1.00 bits per heavy atom. The summed E-state index contributed by atoms with van der Waals surface area (Å²) >= 11 is 5.03. The topological polar surface area (TPSA) is 35.2 Å². The van der Waals surface area contributed by atoms with Crippen molar-refractivity contribution in [2.75, 3.05) is 0 Å². The van der Waals surface area contributed by atoms with Crippen LogP contribution >= 0.6 is 12.2 Å². The molecule has 2 N–H and O–H groups in total. The molecule has 0 atom stereocenters. The molecule has 2 aromatic carbocycles. The first-order valence-corrected chi connectivity index (χ1v) is 6.96. The lowest BCUT2D eigenvalue weighted by Gasteiger charge is -2.19. The third-order valence-electron chi connectivity index (χ3n) is 3.10. The van der Waals surface area contributed by atoms with Crippen LogP contribution in [-0.4, -0.2) is 4.99 Å². The van der Waals surface area contributed by atoms with E-state index in [0.29, 0.717) is 10.7 Å². The molecule has 0 spiro atoms. The summed E-state index contributed by atoms with van der Waals surface area (Å²) in [6, 6.07) is 15.6. The molecule has 0 saturated heterocycles. The SMILES string of the molecule is CC(C)(C)c1ccc(Oc2ccccc2C(N)=S)cc1. The fourth-order valence-corrected chi connectivity index (χ4v) is 2.08. The lowest BCUT2D eigenvalue weighted by Crippen LogP contribution is -2.11. The smallest absolute Gasteiger partial charge is 0.137 e. The molecular weight excluding hydrogens is 266 g/mol. The standard InChI is InChI=1S/C17H19NOS/c1-17(2,3)12-8-10-13(11-9-12)19-15-7-5-4-6-14(15)16(18)20/h4-11H,1-3H3,(H2,18,20). The van der Waals surface area contributed by atoms with Crippen LogP contribution in [0.5, 0.6) is 11.5 Å². The highest BCUT2D eigenvalue weighted by atomic mass is 32.1. The summed E-state index contributed by atoms with van der Waals surface area (Å²) in [4.78, 5) is 0.340. The van der Waals surface area contributed by atoms with Crippen LogP contribution in [0.25, 0.3) is 0 Å². The van der Waals surface area contributed by atoms with Gasteiger partial charge < -0.3 is 10.5 Å². The van der Waals surface area contributed by atoms with Crippen LogP contribution in [0.3, 0.4) is 0 Å². The maximum atomic E-state index is 5.87. The molecule has 2 aromatic rings. The van der Waals surface area contributed by atoms with E-state index in [1.807, 2.05) is 36.4 Å². The molecule has 0 saturated carbocycles. The van der Waals surface area contributed by atoms with Crippen molar-refractivity contribution in [3.8, 4) is 11.5 Å². The molecule has 0 aliphatic heterocycles. The molecule has 0 unspecified atom stereocenters. The Kier molecular flexibility index (Phi) is 4.09. The Labute approximate surface area is 125 Å². The predicted octanol–water partition coefficient (Wildman–Crippen LogP) is 4.41. The van der Waals surface area contributed by atoms with Gasteiger partial charge in [0, 0.05) is 0 Å². The van der Waals surface area contributed by atoms with Crippen LogP contribution in [0.1, 0.15) is 31.9 Å². The first-order valence-electron chi connectivity index (χ1n) is 6.55. The number of thiocarbonyl (C=S) groups is 1. The summed E-state index contributed by atoms with van der Waals surface area (Å²) in [5, 5.41) is 0. The van der Waals surface area contributed by atoms with Gasteiger partial charge in [0.15, 0.2) is 0 Å². The molecule has 104 valence electrons. The van der Waals surface area contributed by atoms with Gasteiger partial charge in [0.05, 0.1) is 5.56 Å². The number of para-hydroxylation sites is 1. The van der Waals surface area contributed by atoms with E-state index in [1.165, 1.54) is 5.56 Å². The maximum absolute atomic E-state index is 5.87. The van der Waals surface area contributed by atoms with Crippen LogP contribution in [0.15, 0.2) is 48.5 Å². The van der Waals surface area contributed by atoms with Gasteiger partial charge >= 0.3 is 0 Å². The van der Waals surface area contributed by atoms with Gasteiger partial charge in [-0.2, -0.15) is 0 Å². The second kappa shape index (κ2) is 5.63. The van der Waals surface area contributed by atoms with E-state index >= 15 is 0 Å². The Balaban J connectivity index is 2.25. The van der Waals surface area contributed by atoms with Crippen molar-refractivity contribution >= 4 is 17.2 Å². The third kappa shape index (κ3) is 3.36. The largest absolute Gasteiger partial charge is 0.457 e. The minimum atomic E-state index is 0.134. The monoisotopic (exact) mass is 285 g/mol. The van der Waals surface area contributed by atoms with Gasteiger partial charge in [-0.15, -0.1) is 0 Å². The molecule has 0 bridgehead atoms. The Morgan fingerprint density at radius 2 is 1.60 bits per heavy atom. The van der Waals surface area contributed by atoms with Crippen LogP contribution in [0.2, 0.25) is 0 Å². The second-order valence-corrected chi connectivity index (χ2v) is 6.18. The van der Waals surface area contributed by atoms with E-state index < -0.39 is 0 Å². The van der Waals surface area contributed by atoms with E-state index in [2.05, 4.69) is 32.9 Å². The molecule has 0 amide bonds. The third-order valence-corrected chi connectivity index (χ3v) is 3.32. The van der Waals surface area contributed by atoms with Gasteiger partial charge in [-0.1, -0.05) is 57.3 Å². The van der Waals surface area contributed by atoms with Crippen LogP contribution in [-0.2, 0) is 5.41 Å². The molecule has 0 radical (unpaired) electrons. The van der Waals surface area contributed by atoms with E-state index in [9.17, 15) is 0 Å². The lowest BCUT2D eigenvalue weighted by atomic mass is 9.87. The average molecular weight is 285 g/mol. The molecule has 0 aliphatic rings. The highest BCUT2D eigenvalue weighted by molar-refractivity contribution is 7.80. The fourth-order valence-electron chi connectivity index (χ4n) is 1.91. The summed E-state index contributed by atoms with van der Waals surface area (Å²) in [6.07, 6.45) is 0. The lowest BCUT2D eigenvalue weighted by molar-refractivity contribution is 0.480. The molecule has 0 heterocycles. The van der Waals surface area contributed by atoms with Crippen molar-refractivity contribution < 1.29 is 4.74 Å².